The highest BCUT2D eigenvalue weighted by atomic mass is 16.3. The van der Waals surface area contributed by atoms with Crippen molar-refractivity contribution >= 4 is 5.91 Å². The fourth-order valence-electron chi connectivity index (χ4n) is 2.30. The number of piperazine rings is 1. The van der Waals surface area contributed by atoms with Gasteiger partial charge in [-0.25, -0.2) is 0 Å². The molecule has 1 unspecified atom stereocenters. The second kappa shape index (κ2) is 6.21. The van der Waals surface area contributed by atoms with E-state index in [1.54, 1.807) is 4.90 Å². The van der Waals surface area contributed by atoms with Crippen molar-refractivity contribution in [1.29, 1.82) is 0 Å². The van der Waals surface area contributed by atoms with Gasteiger partial charge in [-0.15, -0.1) is 0 Å². The number of aryl methyl sites for hydroxylation is 1. The number of carbonyl (C=O) groups excluding carboxylic acids is 1. The second-order valence-corrected chi connectivity index (χ2v) is 5.29. The van der Waals surface area contributed by atoms with Gasteiger partial charge in [0.15, 0.2) is 0 Å². The van der Waals surface area contributed by atoms with E-state index in [0.29, 0.717) is 19.1 Å². The lowest BCUT2D eigenvalue weighted by Gasteiger charge is -2.34. The second-order valence-electron chi connectivity index (χ2n) is 5.29. The van der Waals surface area contributed by atoms with E-state index in [2.05, 4.69) is 17.1 Å². The van der Waals surface area contributed by atoms with Gasteiger partial charge in [-0.3, -0.25) is 9.69 Å². The van der Waals surface area contributed by atoms with Gasteiger partial charge in [0, 0.05) is 32.7 Å². The minimum Gasteiger partial charge on any atom is -0.464 e. The van der Waals surface area contributed by atoms with Crippen LogP contribution in [0.5, 0.6) is 0 Å². The molecule has 0 bridgehead atoms. The third-order valence-electron chi connectivity index (χ3n) is 3.59. The van der Waals surface area contributed by atoms with Crippen molar-refractivity contribution in [3.8, 4) is 0 Å². The monoisotopic (exact) mass is 265 g/mol. The maximum atomic E-state index is 12.2. The fraction of sp³-hybridized carbons (Fsp3) is 0.643. The summed E-state index contributed by atoms with van der Waals surface area (Å²) < 4.78 is 5.50. The standard InChI is InChI=1S/C14H23N3O2/c1-11-8-15-6-7-17(11)10-14(18)16(3)9-13-5-4-12(2)19-13/h4-5,11,15H,6-10H2,1-3H3. The van der Waals surface area contributed by atoms with E-state index in [0.717, 1.165) is 31.2 Å². The number of nitrogens with zero attached hydrogens (tertiary/aromatic N) is 2. The third-order valence-corrected chi connectivity index (χ3v) is 3.59. The number of hydrogen-bond acceptors (Lipinski definition) is 4. The van der Waals surface area contributed by atoms with E-state index in [1.807, 2.05) is 26.1 Å². The lowest BCUT2D eigenvalue weighted by molar-refractivity contribution is -0.132. The van der Waals surface area contributed by atoms with Gasteiger partial charge in [0.05, 0.1) is 13.1 Å². The number of amides is 1. The maximum absolute atomic E-state index is 12.2. The molecule has 2 heterocycles. The molecule has 1 aromatic heterocycles. The van der Waals surface area contributed by atoms with Crippen LogP contribution in [0.3, 0.4) is 0 Å². The zero-order chi connectivity index (χ0) is 13.8. The van der Waals surface area contributed by atoms with Crippen molar-refractivity contribution in [2.24, 2.45) is 0 Å². The van der Waals surface area contributed by atoms with Crippen LogP contribution in [0, 0.1) is 6.92 Å². The molecule has 1 aromatic rings. The summed E-state index contributed by atoms with van der Waals surface area (Å²) in [5, 5.41) is 3.33. The Kier molecular flexibility index (Phi) is 4.61. The lowest BCUT2D eigenvalue weighted by atomic mass is 10.2. The Labute approximate surface area is 114 Å². The van der Waals surface area contributed by atoms with Crippen LogP contribution >= 0.6 is 0 Å². The summed E-state index contributed by atoms with van der Waals surface area (Å²) in [6.45, 7) is 7.92. The van der Waals surface area contributed by atoms with Gasteiger partial charge in [-0.05, 0) is 26.0 Å². The first-order chi connectivity index (χ1) is 9.06. The highest BCUT2D eigenvalue weighted by Crippen LogP contribution is 2.09. The number of hydrogen-bond donors (Lipinski definition) is 1. The van der Waals surface area contributed by atoms with E-state index >= 15 is 0 Å². The quantitative estimate of drug-likeness (QED) is 0.876. The molecule has 1 amide bonds. The molecule has 1 saturated heterocycles. The largest absolute Gasteiger partial charge is 0.464 e. The zero-order valence-corrected chi connectivity index (χ0v) is 12.0. The summed E-state index contributed by atoms with van der Waals surface area (Å²) in [5.41, 5.74) is 0. The molecule has 1 fully saturated rings. The first-order valence-electron chi connectivity index (χ1n) is 6.80. The van der Waals surface area contributed by atoms with Crippen molar-refractivity contribution in [2.45, 2.75) is 26.4 Å². The SMILES string of the molecule is Cc1ccc(CN(C)C(=O)CN2CCNCC2C)o1. The summed E-state index contributed by atoms with van der Waals surface area (Å²) in [6, 6.07) is 4.26. The molecular weight excluding hydrogens is 242 g/mol. The molecule has 1 aliphatic heterocycles. The van der Waals surface area contributed by atoms with Crippen LogP contribution < -0.4 is 5.32 Å². The maximum Gasteiger partial charge on any atom is 0.236 e. The molecule has 19 heavy (non-hydrogen) atoms. The van der Waals surface area contributed by atoms with Crippen LogP contribution in [0.25, 0.3) is 0 Å². The van der Waals surface area contributed by atoms with Gasteiger partial charge >= 0.3 is 0 Å². The molecule has 1 N–H and O–H groups in total. The first-order valence-corrected chi connectivity index (χ1v) is 6.80. The van der Waals surface area contributed by atoms with Gasteiger partial charge in [0.2, 0.25) is 5.91 Å². The normalized spacial score (nSPS) is 20.5. The smallest absolute Gasteiger partial charge is 0.236 e. The minimum absolute atomic E-state index is 0.141. The number of furan rings is 1. The van der Waals surface area contributed by atoms with Crippen LogP contribution in [0.2, 0.25) is 0 Å². The number of rotatable bonds is 4. The van der Waals surface area contributed by atoms with Crippen molar-refractivity contribution in [3.05, 3.63) is 23.7 Å². The first kappa shape index (κ1) is 14.1. The van der Waals surface area contributed by atoms with Crippen LogP contribution in [0.1, 0.15) is 18.4 Å². The Hall–Kier alpha value is -1.33. The molecule has 5 nitrogen and oxygen atoms in total. The Bertz CT molecular complexity index is 430. The predicted molar refractivity (Wildman–Crippen MR) is 73.8 cm³/mol. The Balaban J connectivity index is 1.85. The Morgan fingerprint density at radius 2 is 2.37 bits per heavy atom. The molecule has 0 saturated carbocycles. The Morgan fingerprint density at radius 1 is 1.58 bits per heavy atom. The number of nitrogens with one attached hydrogen (secondary N) is 1. The highest BCUT2D eigenvalue weighted by Gasteiger charge is 2.22. The highest BCUT2D eigenvalue weighted by molar-refractivity contribution is 5.78. The van der Waals surface area contributed by atoms with E-state index in [-0.39, 0.29) is 5.91 Å². The zero-order valence-electron chi connectivity index (χ0n) is 12.0. The average molecular weight is 265 g/mol. The summed E-state index contributed by atoms with van der Waals surface area (Å²) >= 11 is 0. The molecule has 106 valence electrons. The van der Waals surface area contributed by atoms with Gasteiger partial charge in [0.1, 0.15) is 11.5 Å². The molecule has 1 aliphatic rings. The summed E-state index contributed by atoms with van der Waals surface area (Å²) in [7, 11) is 1.83. The van der Waals surface area contributed by atoms with Crippen LogP contribution in [-0.2, 0) is 11.3 Å². The molecule has 2 rings (SSSR count). The molecule has 1 atom stereocenters. The van der Waals surface area contributed by atoms with Gasteiger partial charge < -0.3 is 14.6 Å². The van der Waals surface area contributed by atoms with Crippen LogP contribution in [0.15, 0.2) is 16.5 Å². The molecule has 0 spiro atoms. The predicted octanol–water partition coefficient (Wildman–Crippen LogP) is 0.840. The molecule has 0 aliphatic carbocycles. The molecular formula is C14H23N3O2. The number of likely N-dealkylation sites (N-methyl/N-ethyl adjacent to an activating group) is 1. The van der Waals surface area contributed by atoms with Gasteiger partial charge in [-0.1, -0.05) is 0 Å². The molecule has 0 aromatic carbocycles. The van der Waals surface area contributed by atoms with Gasteiger partial charge in [-0.2, -0.15) is 0 Å². The fourth-order valence-corrected chi connectivity index (χ4v) is 2.30. The van der Waals surface area contributed by atoms with E-state index < -0.39 is 0 Å². The van der Waals surface area contributed by atoms with Crippen molar-refractivity contribution in [1.82, 2.24) is 15.1 Å². The molecule has 5 heteroatoms. The Morgan fingerprint density at radius 3 is 3.00 bits per heavy atom. The van der Waals surface area contributed by atoms with Crippen LogP contribution in [-0.4, -0.2) is 55.0 Å². The van der Waals surface area contributed by atoms with Crippen LogP contribution in [0.4, 0.5) is 0 Å². The summed E-state index contributed by atoms with van der Waals surface area (Å²) in [5.74, 6) is 1.86. The minimum atomic E-state index is 0.141. The average Bonchev–Trinajstić information content (AvgIpc) is 2.77. The van der Waals surface area contributed by atoms with Gasteiger partial charge in [0.25, 0.3) is 0 Å². The van der Waals surface area contributed by atoms with Crippen molar-refractivity contribution in [3.63, 3.8) is 0 Å². The van der Waals surface area contributed by atoms with E-state index in [1.165, 1.54) is 0 Å². The molecule has 0 radical (unpaired) electrons. The number of carbonyl (C=O) groups is 1. The van der Waals surface area contributed by atoms with Crippen molar-refractivity contribution < 1.29 is 9.21 Å². The van der Waals surface area contributed by atoms with Crippen molar-refractivity contribution in [2.75, 3.05) is 33.2 Å². The topological polar surface area (TPSA) is 48.7 Å². The lowest BCUT2D eigenvalue weighted by Crippen LogP contribution is -2.52. The third kappa shape index (κ3) is 3.81. The van der Waals surface area contributed by atoms with E-state index in [9.17, 15) is 4.79 Å². The summed E-state index contributed by atoms with van der Waals surface area (Å²) in [4.78, 5) is 16.1. The van der Waals surface area contributed by atoms with E-state index in [4.69, 9.17) is 4.42 Å². The summed E-state index contributed by atoms with van der Waals surface area (Å²) in [6.07, 6.45) is 0.